The van der Waals surface area contributed by atoms with Gasteiger partial charge in [0.25, 0.3) is 0 Å². The summed E-state index contributed by atoms with van der Waals surface area (Å²) in [5.74, 6) is 0.189. The topological polar surface area (TPSA) is 30.0 Å². The highest BCUT2D eigenvalue weighted by molar-refractivity contribution is 5.94. The van der Waals surface area contributed by atoms with Gasteiger partial charge >= 0.3 is 0 Å². The molecule has 0 spiro atoms. The molecule has 0 unspecified atom stereocenters. The van der Waals surface area contributed by atoms with Crippen molar-refractivity contribution >= 4 is 5.78 Å². The van der Waals surface area contributed by atoms with Crippen LogP contribution in [0, 0.1) is 0 Å². The molecule has 0 aliphatic heterocycles. The van der Waals surface area contributed by atoms with Crippen LogP contribution in [0.15, 0.2) is 24.4 Å². The van der Waals surface area contributed by atoms with Crippen molar-refractivity contribution in [1.29, 1.82) is 0 Å². The van der Waals surface area contributed by atoms with Crippen LogP contribution in [0.3, 0.4) is 0 Å². The van der Waals surface area contributed by atoms with Gasteiger partial charge in [-0.3, -0.25) is 9.78 Å². The summed E-state index contributed by atoms with van der Waals surface area (Å²) in [5.41, 5.74) is 0.618. The number of Topliss-reactive ketones (excluding diaryl/α,β-unsaturated/α-hetero) is 1. The Labute approximate surface area is 149 Å². The number of hydrogen-bond donors (Lipinski definition) is 0. The molecule has 0 aromatic carbocycles. The number of nitrogens with zero attached hydrogens (tertiary/aromatic N) is 1. The van der Waals surface area contributed by atoms with Gasteiger partial charge < -0.3 is 0 Å². The minimum absolute atomic E-state index is 0.189. The third-order valence-electron chi connectivity index (χ3n) is 4.71. The maximum absolute atomic E-state index is 11.9. The first-order valence-electron chi connectivity index (χ1n) is 10.3. The SMILES string of the molecule is CCCCCCCCCCCCCCCCC(=O)c1ccccn1. The van der Waals surface area contributed by atoms with Crippen LogP contribution in [0.4, 0.5) is 0 Å². The molecule has 0 fully saturated rings. The van der Waals surface area contributed by atoms with E-state index in [0.717, 1.165) is 6.42 Å². The normalized spacial score (nSPS) is 10.9. The van der Waals surface area contributed by atoms with Gasteiger partial charge in [0.1, 0.15) is 5.69 Å². The molecule has 1 aromatic rings. The second kappa shape index (κ2) is 15.4. The second-order valence-corrected chi connectivity index (χ2v) is 6.98. The number of rotatable bonds is 16. The fourth-order valence-corrected chi connectivity index (χ4v) is 3.14. The average Bonchev–Trinajstić information content (AvgIpc) is 2.62. The average molecular weight is 332 g/mol. The predicted molar refractivity (Wildman–Crippen MR) is 103 cm³/mol. The molecule has 0 N–H and O–H groups in total. The molecule has 0 saturated carbocycles. The van der Waals surface area contributed by atoms with Crippen molar-refractivity contribution in [2.75, 3.05) is 0 Å². The quantitative estimate of drug-likeness (QED) is 0.238. The molecule has 0 aliphatic rings. The van der Waals surface area contributed by atoms with E-state index in [9.17, 15) is 4.79 Å². The number of ketones is 1. The van der Waals surface area contributed by atoms with E-state index in [2.05, 4.69) is 11.9 Å². The molecule has 1 aromatic heterocycles. The maximum Gasteiger partial charge on any atom is 0.181 e. The summed E-state index contributed by atoms with van der Waals surface area (Å²) < 4.78 is 0. The summed E-state index contributed by atoms with van der Waals surface area (Å²) in [5, 5.41) is 0. The van der Waals surface area contributed by atoms with Gasteiger partial charge in [0.05, 0.1) is 0 Å². The van der Waals surface area contributed by atoms with E-state index in [0.29, 0.717) is 12.1 Å². The molecule has 1 rings (SSSR count). The molecule has 1 heterocycles. The minimum atomic E-state index is 0.189. The molecule has 0 saturated heterocycles. The zero-order valence-electron chi connectivity index (χ0n) is 15.8. The first-order chi connectivity index (χ1) is 11.8. The molecule has 0 atom stereocenters. The van der Waals surface area contributed by atoms with E-state index in [1.807, 2.05) is 18.2 Å². The van der Waals surface area contributed by atoms with E-state index in [-0.39, 0.29) is 5.78 Å². The highest BCUT2D eigenvalue weighted by Gasteiger charge is 2.05. The number of pyridine rings is 1. The minimum Gasteiger partial charge on any atom is -0.292 e. The second-order valence-electron chi connectivity index (χ2n) is 6.98. The fraction of sp³-hybridized carbons (Fsp3) is 0.727. The summed E-state index contributed by atoms with van der Waals surface area (Å²) in [6, 6.07) is 5.54. The third-order valence-corrected chi connectivity index (χ3v) is 4.71. The smallest absolute Gasteiger partial charge is 0.181 e. The Kier molecular flexibility index (Phi) is 13.3. The number of unbranched alkanes of at least 4 members (excludes halogenated alkanes) is 13. The van der Waals surface area contributed by atoms with Gasteiger partial charge in [-0.2, -0.15) is 0 Å². The zero-order chi connectivity index (χ0) is 17.3. The van der Waals surface area contributed by atoms with Gasteiger partial charge in [0.2, 0.25) is 0 Å². The van der Waals surface area contributed by atoms with Gasteiger partial charge in [-0.15, -0.1) is 0 Å². The number of carbonyl (C=O) groups is 1. The Hall–Kier alpha value is -1.18. The van der Waals surface area contributed by atoms with Gasteiger partial charge in [-0.1, -0.05) is 96.5 Å². The van der Waals surface area contributed by atoms with Crippen molar-refractivity contribution in [3.63, 3.8) is 0 Å². The Morgan fingerprint density at radius 2 is 1.25 bits per heavy atom. The van der Waals surface area contributed by atoms with E-state index in [4.69, 9.17) is 0 Å². The standard InChI is InChI=1S/C22H37NO/c1-2-3-4-5-6-7-8-9-10-11-12-13-14-15-19-22(24)21-18-16-17-20-23-21/h16-18,20H,2-15,19H2,1H3. The van der Waals surface area contributed by atoms with Crippen molar-refractivity contribution in [1.82, 2.24) is 4.98 Å². The lowest BCUT2D eigenvalue weighted by Gasteiger charge is -2.03. The lowest BCUT2D eigenvalue weighted by Crippen LogP contribution is -2.01. The van der Waals surface area contributed by atoms with Crippen molar-refractivity contribution in [2.24, 2.45) is 0 Å². The van der Waals surface area contributed by atoms with E-state index >= 15 is 0 Å². The van der Waals surface area contributed by atoms with Crippen LogP contribution >= 0.6 is 0 Å². The van der Waals surface area contributed by atoms with Gasteiger partial charge in [-0.05, 0) is 18.6 Å². The summed E-state index contributed by atoms with van der Waals surface area (Å²) in [6.45, 7) is 2.28. The van der Waals surface area contributed by atoms with Crippen LogP contribution in [0.25, 0.3) is 0 Å². The molecule has 0 radical (unpaired) electrons. The van der Waals surface area contributed by atoms with Gasteiger partial charge in [-0.25, -0.2) is 0 Å². The Bertz CT molecular complexity index is 402. The van der Waals surface area contributed by atoms with E-state index in [1.54, 1.807) is 6.20 Å². The molecule has 136 valence electrons. The Balaban J connectivity index is 1.80. The lowest BCUT2D eigenvalue weighted by molar-refractivity contribution is 0.0974. The summed E-state index contributed by atoms with van der Waals surface area (Å²) in [7, 11) is 0. The van der Waals surface area contributed by atoms with Crippen LogP contribution in [0.2, 0.25) is 0 Å². The summed E-state index contributed by atoms with van der Waals surface area (Å²) >= 11 is 0. The Morgan fingerprint density at radius 3 is 1.71 bits per heavy atom. The van der Waals surface area contributed by atoms with Crippen LogP contribution in [0.1, 0.15) is 114 Å². The fourth-order valence-electron chi connectivity index (χ4n) is 3.14. The van der Waals surface area contributed by atoms with Crippen molar-refractivity contribution in [3.8, 4) is 0 Å². The maximum atomic E-state index is 11.9. The monoisotopic (exact) mass is 331 g/mol. The molecular weight excluding hydrogens is 294 g/mol. The highest BCUT2D eigenvalue weighted by Crippen LogP contribution is 2.13. The van der Waals surface area contributed by atoms with E-state index < -0.39 is 0 Å². The van der Waals surface area contributed by atoms with E-state index in [1.165, 1.54) is 83.5 Å². The summed E-state index contributed by atoms with van der Waals surface area (Å²) in [4.78, 5) is 16.0. The zero-order valence-corrected chi connectivity index (χ0v) is 15.8. The van der Waals surface area contributed by atoms with Crippen LogP contribution in [0.5, 0.6) is 0 Å². The molecule has 0 amide bonds. The van der Waals surface area contributed by atoms with Crippen LogP contribution in [-0.2, 0) is 0 Å². The third kappa shape index (κ3) is 11.4. The number of aromatic nitrogens is 1. The molecule has 0 aliphatic carbocycles. The van der Waals surface area contributed by atoms with Gasteiger partial charge in [0.15, 0.2) is 5.78 Å². The lowest BCUT2D eigenvalue weighted by atomic mass is 10.0. The van der Waals surface area contributed by atoms with Crippen LogP contribution in [-0.4, -0.2) is 10.8 Å². The number of carbonyl (C=O) groups excluding carboxylic acids is 1. The molecular formula is C22H37NO. The highest BCUT2D eigenvalue weighted by atomic mass is 16.1. The first kappa shape index (κ1) is 20.9. The molecule has 0 bridgehead atoms. The predicted octanol–water partition coefficient (Wildman–Crippen LogP) is 7.14. The van der Waals surface area contributed by atoms with Crippen LogP contribution < -0.4 is 0 Å². The molecule has 2 heteroatoms. The van der Waals surface area contributed by atoms with Gasteiger partial charge in [0, 0.05) is 12.6 Å². The molecule has 24 heavy (non-hydrogen) atoms. The van der Waals surface area contributed by atoms with Crippen molar-refractivity contribution in [3.05, 3.63) is 30.1 Å². The van der Waals surface area contributed by atoms with Crippen molar-refractivity contribution in [2.45, 2.75) is 103 Å². The molecule has 2 nitrogen and oxygen atoms in total. The Morgan fingerprint density at radius 1 is 0.750 bits per heavy atom. The van der Waals surface area contributed by atoms with Crippen molar-refractivity contribution < 1.29 is 4.79 Å². The number of hydrogen-bond acceptors (Lipinski definition) is 2. The first-order valence-corrected chi connectivity index (χ1v) is 10.3. The summed E-state index contributed by atoms with van der Waals surface area (Å²) in [6.07, 6.45) is 21.2. The largest absolute Gasteiger partial charge is 0.292 e.